The maximum atomic E-state index is 12.2. The lowest BCUT2D eigenvalue weighted by Gasteiger charge is -2.09. The van der Waals surface area contributed by atoms with Crippen molar-refractivity contribution in [3.63, 3.8) is 0 Å². The lowest BCUT2D eigenvalue weighted by Crippen LogP contribution is -2.22. The minimum absolute atomic E-state index is 0.251. The zero-order valence-electron chi connectivity index (χ0n) is 10.4. The number of nitrogens with zero attached hydrogens (tertiary/aromatic N) is 2. The van der Waals surface area contributed by atoms with Crippen molar-refractivity contribution in [3.8, 4) is 0 Å². The van der Waals surface area contributed by atoms with Crippen LogP contribution in [0.1, 0.15) is 10.6 Å². The summed E-state index contributed by atoms with van der Waals surface area (Å²) in [6.45, 7) is 1.65. The molecule has 0 aliphatic carbocycles. The van der Waals surface area contributed by atoms with E-state index in [2.05, 4.69) is 15.0 Å². The summed E-state index contributed by atoms with van der Waals surface area (Å²) in [4.78, 5) is 5.71. The molecular weight excluding hydrogens is 284 g/mol. The molecule has 2 aromatic heterocycles. The molecule has 2 aromatic rings. The third kappa shape index (κ3) is 2.51. The smallest absolute Gasteiger partial charge is 0.265 e. The molecule has 0 bridgehead atoms. The first-order valence-electron chi connectivity index (χ1n) is 5.89. The average Bonchev–Trinajstić information content (AvgIpc) is 2.94. The fourth-order valence-corrected chi connectivity index (χ4v) is 4.24. The van der Waals surface area contributed by atoms with E-state index >= 15 is 0 Å². The number of fused-ring (bicyclic) bond motifs is 1. The van der Waals surface area contributed by atoms with E-state index < -0.39 is 10.0 Å². The summed E-state index contributed by atoms with van der Waals surface area (Å²) >= 11 is 1.39. The van der Waals surface area contributed by atoms with E-state index in [0.29, 0.717) is 5.13 Å². The summed E-state index contributed by atoms with van der Waals surface area (Å²) in [6, 6.07) is 1.57. The van der Waals surface area contributed by atoms with Crippen molar-refractivity contribution in [2.45, 2.75) is 17.9 Å². The highest BCUT2D eigenvalue weighted by molar-refractivity contribution is 7.93. The van der Waals surface area contributed by atoms with Crippen molar-refractivity contribution in [2.24, 2.45) is 7.05 Å². The Morgan fingerprint density at radius 3 is 3.05 bits per heavy atom. The second kappa shape index (κ2) is 4.62. The summed E-state index contributed by atoms with van der Waals surface area (Å²) < 4.78 is 28.6. The Balaban J connectivity index is 1.86. The minimum Gasteiger partial charge on any atom is -0.356 e. The molecule has 0 radical (unpaired) electrons. The second-order valence-corrected chi connectivity index (χ2v) is 7.20. The first kappa shape index (κ1) is 12.6. The van der Waals surface area contributed by atoms with Crippen LogP contribution in [-0.2, 0) is 30.0 Å². The van der Waals surface area contributed by atoms with Gasteiger partial charge in [0.2, 0.25) is 0 Å². The zero-order chi connectivity index (χ0) is 13.5. The minimum atomic E-state index is -3.54. The number of aryl methyl sites for hydroxylation is 1. The SMILES string of the molecule is Cn1ccc(S(=O)(=O)Nc2nc3c(s2)CNCC3)c1. The van der Waals surface area contributed by atoms with Gasteiger partial charge >= 0.3 is 0 Å². The Morgan fingerprint density at radius 2 is 2.37 bits per heavy atom. The Bertz CT molecular complexity index is 679. The molecule has 0 amide bonds. The Hall–Kier alpha value is -1.38. The molecule has 1 aliphatic rings. The van der Waals surface area contributed by atoms with Gasteiger partial charge in [0, 0.05) is 43.8 Å². The number of anilines is 1. The Morgan fingerprint density at radius 1 is 1.53 bits per heavy atom. The standard InChI is InChI=1S/C11H14N4O2S2/c1-15-5-3-8(7-15)19(16,17)14-11-13-9-2-4-12-6-10(9)18-11/h3,5,7,12H,2,4,6H2,1H3,(H,13,14). The fourth-order valence-electron chi connectivity index (χ4n) is 1.98. The number of aromatic nitrogens is 2. The van der Waals surface area contributed by atoms with Crippen molar-refractivity contribution >= 4 is 26.5 Å². The summed E-state index contributed by atoms with van der Waals surface area (Å²) in [5.74, 6) is 0. The quantitative estimate of drug-likeness (QED) is 0.884. The maximum Gasteiger partial charge on any atom is 0.265 e. The van der Waals surface area contributed by atoms with Gasteiger partial charge in [-0.25, -0.2) is 13.4 Å². The number of hydrogen-bond donors (Lipinski definition) is 2. The largest absolute Gasteiger partial charge is 0.356 e. The Labute approximate surface area is 115 Å². The summed E-state index contributed by atoms with van der Waals surface area (Å²) in [5.41, 5.74) is 0.995. The first-order valence-corrected chi connectivity index (χ1v) is 8.19. The number of thiazole rings is 1. The van der Waals surface area contributed by atoms with Gasteiger partial charge in [-0.05, 0) is 6.07 Å². The topological polar surface area (TPSA) is 76.0 Å². The van der Waals surface area contributed by atoms with E-state index in [9.17, 15) is 8.42 Å². The van der Waals surface area contributed by atoms with Gasteiger partial charge in [-0.3, -0.25) is 4.72 Å². The summed E-state index contributed by atoms with van der Waals surface area (Å²) in [5, 5.41) is 3.68. The molecule has 3 rings (SSSR count). The number of nitrogens with one attached hydrogen (secondary N) is 2. The third-order valence-corrected chi connectivity index (χ3v) is 5.41. The lowest BCUT2D eigenvalue weighted by atomic mass is 10.2. The van der Waals surface area contributed by atoms with E-state index in [1.54, 1.807) is 30.1 Å². The zero-order valence-corrected chi connectivity index (χ0v) is 12.0. The maximum absolute atomic E-state index is 12.2. The highest BCUT2D eigenvalue weighted by atomic mass is 32.2. The van der Waals surface area contributed by atoms with Gasteiger partial charge in [-0.2, -0.15) is 0 Å². The van der Waals surface area contributed by atoms with Gasteiger partial charge in [0.15, 0.2) is 5.13 Å². The van der Waals surface area contributed by atoms with Gasteiger partial charge in [0.1, 0.15) is 4.90 Å². The van der Waals surface area contributed by atoms with Crippen molar-refractivity contribution in [1.29, 1.82) is 0 Å². The van der Waals surface area contributed by atoms with Crippen LogP contribution in [0.3, 0.4) is 0 Å². The van der Waals surface area contributed by atoms with E-state index in [-0.39, 0.29) is 4.90 Å². The molecule has 19 heavy (non-hydrogen) atoms. The van der Waals surface area contributed by atoms with Crippen LogP contribution >= 0.6 is 11.3 Å². The molecular formula is C11H14N4O2S2. The highest BCUT2D eigenvalue weighted by Crippen LogP contribution is 2.27. The normalized spacial score (nSPS) is 15.2. The predicted molar refractivity (Wildman–Crippen MR) is 73.7 cm³/mol. The number of rotatable bonds is 3. The number of hydrogen-bond acceptors (Lipinski definition) is 5. The van der Waals surface area contributed by atoms with Gasteiger partial charge in [0.25, 0.3) is 10.0 Å². The molecule has 0 atom stereocenters. The lowest BCUT2D eigenvalue weighted by molar-refractivity contribution is 0.601. The van der Waals surface area contributed by atoms with Crippen molar-refractivity contribution < 1.29 is 8.42 Å². The second-order valence-electron chi connectivity index (χ2n) is 4.43. The van der Waals surface area contributed by atoms with Crippen molar-refractivity contribution in [1.82, 2.24) is 14.9 Å². The third-order valence-electron chi connectivity index (χ3n) is 2.94. The van der Waals surface area contributed by atoms with Crippen LogP contribution in [0.2, 0.25) is 0 Å². The van der Waals surface area contributed by atoms with Gasteiger partial charge in [0.05, 0.1) is 5.69 Å². The van der Waals surface area contributed by atoms with E-state index in [4.69, 9.17) is 0 Å². The van der Waals surface area contributed by atoms with Crippen molar-refractivity contribution in [3.05, 3.63) is 29.0 Å². The summed E-state index contributed by atoms with van der Waals surface area (Å²) in [6.07, 6.45) is 4.11. The molecule has 8 heteroatoms. The van der Waals surface area contributed by atoms with E-state index in [1.165, 1.54) is 11.3 Å². The van der Waals surface area contributed by atoms with Crippen LogP contribution < -0.4 is 10.0 Å². The molecule has 0 spiro atoms. The molecule has 102 valence electrons. The van der Waals surface area contributed by atoms with Crippen molar-refractivity contribution in [2.75, 3.05) is 11.3 Å². The molecule has 1 aliphatic heterocycles. The fraction of sp³-hybridized carbons (Fsp3) is 0.364. The Kier molecular flexibility index (Phi) is 3.08. The summed E-state index contributed by atoms with van der Waals surface area (Å²) in [7, 11) is -1.75. The van der Waals surface area contributed by atoms with E-state index in [0.717, 1.165) is 30.1 Å². The number of sulfonamides is 1. The molecule has 0 saturated heterocycles. The average molecular weight is 298 g/mol. The molecule has 6 nitrogen and oxygen atoms in total. The molecule has 0 aromatic carbocycles. The molecule has 0 fully saturated rings. The predicted octanol–water partition coefficient (Wildman–Crippen LogP) is 0.928. The van der Waals surface area contributed by atoms with Gasteiger partial charge in [-0.15, -0.1) is 0 Å². The van der Waals surface area contributed by atoms with Crippen LogP contribution in [0.15, 0.2) is 23.4 Å². The van der Waals surface area contributed by atoms with Gasteiger partial charge < -0.3 is 9.88 Å². The highest BCUT2D eigenvalue weighted by Gasteiger charge is 2.20. The van der Waals surface area contributed by atoms with E-state index in [1.807, 2.05) is 0 Å². The van der Waals surface area contributed by atoms with Crippen LogP contribution in [-0.4, -0.2) is 24.5 Å². The molecule has 0 unspecified atom stereocenters. The van der Waals surface area contributed by atoms with Gasteiger partial charge in [-0.1, -0.05) is 11.3 Å². The van der Waals surface area contributed by atoms with Crippen LogP contribution in [0.5, 0.6) is 0 Å². The van der Waals surface area contributed by atoms with Crippen LogP contribution in [0, 0.1) is 0 Å². The molecule has 2 N–H and O–H groups in total. The monoisotopic (exact) mass is 298 g/mol. The van der Waals surface area contributed by atoms with Crippen LogP contribution in [0.25, 0.3) is 0 Å². The first-order chi connectivity index (χ1) is 9.04. The van der Waals surface area contributed by atoms with Crippen LogP contribution in [0.4, 0.5) is 5.13 Å². The molecule has 3 heterocycles. The molecule has 0 saturated carbocycles.